The highest BCUT2D eigenvalue weighted by Crippen LogP contribution is 2.43. The van der Waals surface area contributed by atoms with E-state index in [0.717, 1.165) is 29.7 Å². The minimum absolute atomic E-state index is 0.106. The Bertz CT molecular complexity index is 437. The Labute approximate surface area is 107 Å². The Morgan fingerprint density at radius 2 is 2.22 bits per heavy atom. The Hall–Kier alpha value is -1.55. The van der Waals surface area contributed by atoms with Crippen LogP contribution in [0, 0.1) is 12.8 Å². The molecular weight excluding hydrogens is 232 g/mol. The largest absolute Gasteiger partial charge is 0.496 e. The van der Waals surface area contributed by atoms with Gasteiger partial charge in [-0.05, 0) is 48.9 Å². The lowest BCUT2D eigenvalue weighted by atomic mass is 10.0. The van der Waals surface area contributed by atoms with Gasteiger partial charge in [0, 0.05) is 0 Å². The standard InChI is InChI=1S/C14H18O4/c1-9-7-11(5-6-12(9)17-2)14(10-3-4-10)18-8-13(15)16/h5-7,10,14H,3-4,8H2,1-2H3,(H,15,16). The first-order valence-electron chi connectivity index (χ1n) is 6.09. The Morgan fingerprint density at radius 1 is 1.50 bits per heavy atom. The third-order valence-electron chi connectivity index (χ3n) is 3.18. The molecule has 0 radical (unpaired) electrons. The second kappa shape index (κ2) is 5.40. The minimum atomic E-state index is -0.925. The predicted molar refractivity (Wildman–Crippen MR) is 66.8 cm³/mol. The average molecular weight is 250 g/mol. The van der Waals surface area contributed by atoms with Crippen LogP contribution in [0.4, 0.5) is 0 Å². The topological polar surface area (TPSA) is 55.8 Å². The summed E-state index contributed by atoms with van der Waals surface area (Å²) >= 11 is 0. The van der Waals surface area contributed by atoms with Gasteiger partial charge in [-0.15, -0.1) is 0 Å². The SMILES string of the molecule is COc1ccc(C(OCC(=O)O)C2CC2)cc1C. The number of aryl methyl sites for hydroxylation is 1. The van der Waals surface area contributed by atoms with Crippen LogP contribution in [-0.2, 0) is 9.53 Å². The summed E-state index contributed by atoms with van der Waals surface area (Å²) in [5.41, 5.74) is 2.08. The molecule has 2 rings (SSSR count). The highest BCUT2D eigenvalue weighted by Gasteiger charge is 2.33. The van der Waals surface area contributed by atoms with Crippen molar-refractivity contribution in [2.24, 2.45) is 5.92 Å². The van der Waals surface area contributed by atoms with Crippen LogP contribution in [0.2, 0.25) is 0 Å². The highest BCUT2D eigenvalue weighted by atomic mass is 16.5. The van der Waals surface area contributed by atoms with Crippen molar-refractivity contribution in [1.82, 2.24) is 0 Å². The van der Waals surface area contributed by atoms with Gasteiger partial charge in [-0.3, -0.25) is 0 Å². The molecule has 18 heavy (non-hydrogen) atoms. The molecule has 1 aliphatic carbocycles. The molecule has 1 aliphatic rings. The molecule has 0 saturated heterocycles. The van der Waals surface area contributed by atoms with E-state index in [0.29, 0.717) is 5.92 Å². The first kappa shape index (κ1) is 12.9. The molecule has 1 aromatic rings. The number of hydrogen-bond donors (Lipinski definition) is 1. The van der Waals surface area contributed by atoms with E-state index in [1.54, 1.807) is 7.11 Å². The number of methoxy groups -OCH3 is 1. The van der Waals surface area contributed by atoms with Crippen molar-refractivity contribution in [1.29, 1.82) is 0 Å². The van der Waals surface area contributed by atoms with Crippen molar-refractivity contribution < 1.29 is 19.4 Å². The maximum atomic E-state index is 10.6. The zero-order valence-electron chi connectivity index (χ0n) is 10.7. The molecule has 1 unspecified atom stereocenters. The van der Waals surface area contributed by atoms with Crippen molar-refractivity contribution in [3.63, 3.8) is 0 Å². The molecule has 0 aliphatic heterocycles. The van der Waals surface area contributed by atoms with Gasteiger partial charge in [-0.1, -0.05) is 6.07 Å². The third kappa shape index (κ3) is 3.01. The van der Waals surface area contributed by atoms with Gasteiger partial charge < -0.3 is 14.6 Å². The normalized spacial score (nSPS) is 16.3. The van der Waals surface area contributed by atoms with Crippen molar-refractivity contribution in [2.45, 2.75) is 25.9 Å². The molecule has 0 heterocycles. The fraction of sp³-hybridized carbons (Fsp3) is 0.500. The summed E-state index contributed by atoms with van der Waals surface area (Å²) in [4.78, 5) is 10.6. The molecule has 0 bridgehead atoms. The van der Waals surface area contributed by atoms with Crippen LogP contribution in [0.5, 0.6) is 5.75 Å². The Morgan fingerprint density at radius 3 is 2.72 bits per heavy atom. The number of aliphatic carboxylic acids is 1. The smallest absolute Gasteiger partial charge is 0.329 e. The van der Waals surface area contributed by atoms with Gasteiger partial charge in [0.1, 0.15) is 12.4 Å². The Balaban J connectivity index is 2.14. The fourth-order valence-electron chi connectivity index (χ4n) is 2.14. The molecule has 98 valence electrons. The Kier molecular flexibility index (Phi) is 3.87. The van der Waals surface area contributed by atoms with Gasteiger partial charge in [0.25, 0.3) is 0 Å². The summed E-state index contributed by atoms with van der Waals surface area (Å²) in [6.07, 6.45) is 2.11. The van der Waals surface area contributed by atoms with Gasteiger partial charge in [0.05, 0.1) is 13.2 Å². The van der Waals surface area contributed by atoms with E-state index in [1.807, 2.05) is 25.1 Å². The average Bonchev–Trinajstić information content (AvgIpc) is 3.13. The fourth-order valence-corrected chi connectivity index (χ4v) is 2.14. The van der Waals surface area contributed by atoms with E-state index >= 15 is 0 Å². The molecular formula is C14H18O4. The lowest BCUT2D eigenvalue weighted by molar-refractivity contribution is -0.145. The minimum Gasteiger partial charge on any atom is -0.496 e. The molecule has 1 saturated carbocycles. The number of carboxylic acids is 1. The lowest BCUT2D eigenvalue weighted by Crippen LogP contribution is -2.13. The molecule has 1 aromatic carbocycles. The summed E-state index contributed by atoms with van der Waals surface area (Å²) in [7, 11) is 1.64. The molecule has 0 aromatic heterocycles. The second-order valence-electron chi connectivity index (χ2n) is 4.69. The van der Waals surface area contributed by atoms with E-state index in [1.165, 1.54) is 0 Å². The molecule has 1 N–H and O–H groups in total. The first-order valence-corrected chi connectivity index (χ1v) is 6.09. The maximum Gasteiger partial charge on any atom is 0.329 e. The molecule has 1 atom stereocenters. The van der Waals surface area contributed by atoms with Crippen molar-refractivity contribution in [3.8, 4) is 5.75 Å². The zero-order valence-corrected chi connectivity index (χ0v) is 10.7. The predicted octanol–water partition coefficient (Wildman–Crippen LogP) is 2.56. The monoisotopic (exact) mass is 250 g/mol. The van der Waals surface area contributed by atoms with Crippen LogP contribution in [0.3, 0.4) is 0 Å². The molecule has 0 amide bonds. The van der Waals surface area contributed by atoms with Gasteiger partial charge in [-0.25, -0.2) is 4.79 Å². The van der Waals surface area contributed by atoms with Crippen LogP contribution in [0.15, 0.2) is 18.2 Å². The van der Waals surface area contributed by atoms with Crippen molar-refractivity contribution in [2.75, 3.05) is 13.7 Å². The number of rotatable bonds is 6. The maximum absolute atomic E-state index is 10.6. The van der Waals surface area contributed by atoms with Gasteiger partial charge in [0.15, 0.2) is 0 Å². The first-order chi connectivity index (χ1) is 8.61. The van der Waals surface area contributed by atoms with Crippen LogP contribution < -0.4 is 4.74 Å². The molecule has 1 fully saturated rings. The van der Waals surface area contributed by atoms with Gasteiger partial charge >= 0.3 is 5.97 Å². The number of benzene rings is 1. The summed E-state index contributed by atoms with van der Waals surface area (Å²) in [6.45, 7) is 1.73. The van der Waals surface area contributed by atoms with Crippen molar-refractivity contribution >= 4 is 5.97 Å². The van der Waals surface area contributed by atoms with Crippen LogP contribution in [0.1, 0.15) is 30.1 Å². The van der Waals surface area contributed by atoms with E-state index < -0.39 is 5.97 Å². The second-order valence-corrected chi connectivity index (χ2v) is 4.69. The third-order valence-corrected chi connectivity index (χ3v) is 3.18. The zero-order chi connectivity index (χ0) is 13.1. The molecule has 4 nitrogen and oxygen atoms in total. The van der Waals surface area contributed by atoms with E-state index in [-0.39, 0.29) is 12.7 Å². The number of carboxylic acid groups (broad SMARTS) is 1. The number of ether oxygens (including phenoxy) is 2. The van der Waals surface area contributed by atoms with Gasteiger partial charge in [0.2, 0.25) is 0 Å². The van der Waals surface area contributed by atoms with Crippen LogP contribution >= 0.6 is 0 Å². The van der Waals surface area contributed by atoms with Crippen LogP contribution in [0.25, 0.3) is 0 Å². The quantitative estimate of drug-likeness (QED) is 0.843. The highest BCUT2D eigenvalue weighted by molar-refractivity contribution is 5.68. The molecule has 4 heteroatoms. The van der Waals surface area contributed by atoms with E-state index in [9.17, 15) is 4.79 Å². The van der Waals surface area contributed by atoms with E-state index in [2.05, 4.69) is 0 Å². The summed E-state index contributed by atoms with van der Waals surface area (Å²) in [5, 5.41) is 8.70. The summed E-state index contributed by atoms with van der Waals surface area (Å²) in [5.74, 6) is 0.370. The van der Waals surface area contributed by atoms with E-state index in [4.69, 9.17) is 14.6 Å². The number of carbonyl (C=O) groups is 1. The number of hydrogen-bond acceptors (Lipinski definition) is 3. The van der Waals surface area contributed by atoms with Gasteiger partial charge in [-0.2, -0.15) is 0 Å². The van der Waals surface area contributed by atoms with Crippen LogP contribution in [-0.4, -0.2) is 24.8 Å². The lowest BCUT2D eigenvalue weighted by Gasteiger charge is -2.18. The summed E-state index contributed by atoms with van der Waals surface area (Å²) in [6, 6.07) is 5.88. The van der Waals surface area contributed by atoms with Crippen molar-refractivity contribution in [3.05, 3.63) is 29.3 Å². The molecule has 0 spiro atoms. The summed E-state index contributed by atoms with van der Waals surface area (Å²) < 4.78 is 10.7.